The highest BCUT2D eigenvalue weighted by Gasteiger charge is 2.47. The number of nitrogens with one attached hydrogen (secondary N) is 1. The van der Waals surface area contributed by atoms with Gasteiger partial charge in [0.25, 0.3) is 0 Å². The van der Waals surface area contributed by atoms with Crippen LogP contribution in [0, 0.1) is 5.41 Å². The number of aromatic nitrogens is 1. The standard InChI is InChI=1S/C15H16N4O2/c16-12-5-4-10-9(2-1-3-11(10)19-12)8-15(13(17)20)6-7-18-14(15)21/h1-5H,6-8H2,(H2,16,19)(H2,17,20)(H,18,21)/t15-/m1/s1. The third-order valence-corrected chi connectivity index (χ3v) is 4.08. The van der Waals surface area contributed by atoms with E-state index in [9.17, 15) is 9.59 Å². The molecule has 1 aliphatic rings. The van der Waals surface area contributed by atoms with E-state index in [0.717, 1.165) is 16.5 Å². The van der Waals surface area contributed by atoms with E-state index in [0.29, 0.717) is 18.8 Å². The van der Waals surface area contributed by atoms with Crippen LogP contribution >= 0.6 is 0 Å². The molecule has 2 aromatic rings. The molecule has 1 atom stereocenters. The lowest BCUT2D eigenvalue weighted by atomic mass is 9.78. The molecular weight excluding hydrogens is 268 g/mol. The fourth-order valence-corrected chi connectivity index (χ4v) is 2.88. The van der Waals surface area contributed by atoms with Crippen molar-refractivity contribution >= 4 is 28.5 Å². The topological polar surface area (TPSA) is 111 Å². The van der Waals surface area contributed by atoms with Crippen molar-refractivity contribution < 1.29 is 9.59 Å². The predicted molar refractivity (Wildman–Crippen MR) is 79.1 cm³/mol. The first-order chi connectivity index (χ1) is 10.0. The molecule has 1 fully saturated rings. The minimum absolute atomic E-state index is 0.275. The number of fused-ring (bicyclic) bond motifs is 1. The first-order valence-electron chi connectivity index (χ1n) is 6.75. The Labute approximate surface area is 121 Å². The molecule has 2 heterocycles. The number of nitrogens with two attached hydrogens (primary N) is 2. The van der Waals surface area contributed by atoms with Crippen LogP contribution in [0.15, 0.2) is 30.3 Å². The Hall–Kier alpha value is -2.63. The van der Waals surface area contributed by atoms with Crippen molar-refractivity contribution in [3.8, 4) is 0 Å². The van der Waals surface area contributed by atoms with Crippen molar-refractivity contribution in [3.05, 3.63) is 35.9 Å². The number of hydrogen-bond donors (Lipinski definition) is 3. The summed E-state index contributed by atoms with van der Waals surface area (Å²) in [5.74, 6) is -0.448. The molecule has 1 saturated heterocycles. The van der Waals surface area contributed by atoms with Crippen LogP contribution in [0.4, 0.5) is 5.82 Å². The van der Waals surface area contributed by atoms with Crippen molar-refractivity contribution in [1.82, 2.24) is 10.3 Å². The number of carbonyl (C=O) groups is 2. The van der Waals surface area contributed by atoms with E-state index >= 15 is 0 Å². The van der Waals surface area contributed by atoms with Gasteiger partial charge in [0.2, 0.25) is 11.8 Å². The van der Waals surface area contributed by atoms with Crippen molar-refractivity contribution in [2.45, 2.75) is 12.8 Å². The highest BCUT2D eigenvalue weighted by atomic mass is 16.2. The number of benzene rings is 1. The SMILES string of the molecule is NC(=O)[C@]1(Cc2cccc3nc(N)ccc23)CCNC1=O. The van der Waals surface area contributed by atoms with Gasteiger partial charge < -0.3 is 16.8 Å². The number of pyridine rings is 1. The lowest BCUT2D eigenvalue weighted by Gasteiger charge is -2.22. The van der Waals surface area contributed by atoms with Crippen molar-refractivity contribution in [2.75, 3.05) is 12.3 Å². The number of nitrogens with zero attached hydrogens (tertiary/aromatic N) is 1. The molecule has 108 valence electrons. The summed E-state index contributed by atoms with van der Waals surface area (Å²) in [5.41, 5.74) is 11.6. The second-order valence-corrected chi connectivity index (χ2v) is 5.35. The van der Waals surface area contributed by atoms with E-state index in [1.54, 1.807) is 6.07 Å². The highest BCUT2D eigenvalue weighted by Crippen LogP contribution is 2.33. The molecule has 1 aliphatic heterocycles. The average Bonchev–Trinajstić information content (AvgIpc) is 2.81. The number of hydrogen-bond acceptors (Lipinski definition) is 4. The lowest BCUT2D eigenvalue weighted by molar-refractivity contribution is -0.138. The fraction of sp³-hybridized carbons (Fsp3) is 0.267. The molecule has 1 aromatic heterocycles. The summed E-state index contributed by atoms with van der Waals surface area (Å²) in [6.45, 7) is 0.470. The monoisotopic (exact) mass is 284 g/mol. The van der Waals surface area contributed by atoms with Crippen LogP contribution in [-0.4, -0.2) is 23.3 Å². The predicted octanol–water partition coefficient (Wildman–Crippen LogP) is 0.351. The summed E-state index contributed by atoms with van der Waals surface area (Å²) in [5, 5.41) is 3.58. The maximum atomic E-state index is 12.1. The molecule has 3 rings (SSSR count). The Morgan fingerprint density at radius 1 is 1.33 bits per heavy atom. The second-order valence-electron chi connectivity index (χ2n) is 5.35. The van der Waals surface area contributed by atoms with Gasteiger partial charge in [-0.25, -0.2) is 4.98 Å². The van der Waals surface area contributed by atoms with E-state index in [1.165, 1.54) is 0 Å². The molecule has 21 heavy (non-hydrogen) atoms. The van der Waals surface area contributed by atoms with Gasteiger partial charge in [0.05, 0.1) is 5.52 Å². The largest absolute Gasteiger partial charge is 0.384 e. The van der Waals surface area contributed by atoms with Crippen LogP contribution in [-0.2, 0) is 16.0 Å². The maximum absolute atomic E-state index is 12.1. The van der Waals surface area contributed by atoms with Gasteiger partial charge >= 0.3 is 0 Å². The van der Waals surface area contributed by atoms with Crippen LogP contribution < -0.4 is 16.8 Å². The van der Waals surface area contributed by atoms with E-state index in [-0.39, 0.29) is 12.3 Å². The van der Waals surface area contributed by atoms with Crippen LogP contribution in [0.25, 0.3) is 10.9 Å². The van der Waals surface area contributed by atoms with Crippen LogP contribution in [0.5, 0.6) is 0 Å². The zero-order valence-corrected chi connectivity index (χ0v) is 11.4. The summed E-state index contributed by atoms with van der Waals surface area (Å²) >= 11 is 0. The highest BCUT2D eigenvalue weighted by molar-refractivity contribution is 6.06. The van der Waals surface area contributed by atoms with Gasteiger partial charge in [-0.05, 0) is 36.6 Å². The first kappa shape index (κ1) is 13.4. The molecule has 0 bridgehead atoms. The molecule has 0 aliphatic carbocycles. The van der Waals surface area contributed by atoms with Gasteiger partial charge in [-0.1, -0.05) is 12.1 Å². The summed E-state index contributed by atoms with van der Waals surface area (Å²) in [7, 11) is 0. The van der Waals surface area contributed by atoms with Crippen LogP contribution in [0.1, 0.15) is 12.0 Å². The summed E-state index contributed by atoms with van der Waals surface area (Å²) < 4.78 is 0. The third kappa shape index (κ3) is 2.08. The van der Waals surface area contributed by atoms with Gasteiger partial charge in [-0.15, -0.1) is 0 Å². The Morgan fingerprint density at radius 3 is 2.81 bits per heavy atom. The smallest absolute Gasteiger partial charge is 0.236 e. The molecule has 0 unspecified atom stereocenters. The summed E-state index contributed by atoms with van der Waals surface area (Å²) in [6.07, 6.45) is 0.692. The van der Waals surface area contributed by atoms with Gasteiger partial charge in [-0.3, -0.25) is 9.59 Å². The summed E-state index contributed by atoms with van der Waals surface area (Å²) in [6, 6.07) is 9.13. The number of nitrogen functional groups attached to an aromatic ring is 1. The lowest BCUT2D eigenvalue weighted by Crippen LogP contribution is -2.44. The second kappa shape index (κ2) is 4.73. The quantitative estimate of drug-likeness (QED) is 0.706. The minimum atomic E-state index is -1.17. The van der Waals surface area contributed by atoms with Gasteiger partial charge in [0.1, 0.15) is 11.2 Å². The molecule has 6 nitrogen and oxygen atoms in total. The normalized spacial score (nSPS) is 21.4. The Morgan fingerprint density at radius 2 is 2.14 bits per heavy atom. The van der Waals surface area contributed by atoms with Gasteiger partial charge in [0, 0.05) is 11.9 Å². The Bertz CT molecular complexity index is 744. The number of primary amides is 1. The van der Waals surface area contributed by atoms with Crippen molar-refractivity contribution in [3.63, 3.8) is 0 Å². The summed E-state index contributed by atoms with van der Waals surface area (Å²) in [4.78, 5) is 28.2. The van der Waals surface area contributed by atoms with E-state index in [4.69, 9.17) is 11.5 Å². The molecule has 1 aromatic carbocycles. The van der Waals surface area contributed by atoms with Crippen LogP contribution in [0.2, 0.25) is 0 Å². The molecule has 5 N–H and O–H groups in total. The number of anilines is 1. The molecule has 6 heteroatoms. The van der Waals surface area contributed by atoms with E-state index in [1.807, 2.05) is 24.3 Å². The zero-order valence-electron chi connectivity index (χ0n) is 11.4. The molecule has 0 radical (unpaired) electrons. The van der Waals surface area contributed by atoms with Gasteiger partial charge in [0.15, 0.2) is 0 Å². The van der Waals surface area contributed by atoms with Crippen LogP contribution in [0.3, 0.4) is 0 Å². The molecular formula is C15H16N4O2. The van der Waals surface area contributed by atoms with E-state index < -0.39 is 11.3 Å². The van der Waals surface area contributed by atoms with E-state index in [2.05, 4.69) is 10.3 Å². The zero-order chi connectivity index (χ0) is 15.0. The fourth-order valence-electron chi connectivity index (χ4n) is 2.88. The number of rotatable bonds is 3. The number of carbonyl (C=O) groups excluding carboxylic acids is 2. The molecule has 0 spiro atoms. The number of amides is 2. The first-order valence-corrected chi connectivity index (χ1v) is 6.75. The van der Waals surface area contributed by atoms with Gasteiger partial charge in [-0.2, -0.15) is 0 Å². The molecule has 2 amide bonds. The molecule has 0 saturated carbocycles. The van der Waals surface area contributed by atoms with Crippen molar-refractivity contribution in [2.24, 2.45) is 11.1 Å². The maximum Gasteiger partial charge on any atom is 0.236 e. The minimum Gasteiger partial charge on any atom is -0.384 e. The Kier molecular flexibility index (Phi) is 3.01. The van der Waals surface area contributed by atoms with Crippen molar-refractivity contribution in [1.29, 1.82) is 0 Å². The average molecular weight is 284 g/mol. The third-order valence-electron chi connectivity index (χ3n) is 4.08. The Balaban J connectivity index is 2.09.